The van der Waals surface area contributed by atoms with Gasteiger partial charge in [-0.05, 0) is 22.2 Å². The molecular weight excluding hydrogens is 254 g/mol. The molecule has 0 fully saturated rings. The maximum absolute atomic E-state index is 4.98. The molecule has 0 saturated carbocycles. The second-order valence-corrected chi connectivity index (χ2v) is 22.3. The van der Waals surface area contributed by atoms with E-state index in [9.17, 15) is 0 Å². The summed E-state index contributed by atoms with van der Waals surface area (Å²) >= 11 is 21.9. The van der Waals surface area contributed by atoms with Crippen LogP contribution in [0.25, 0.3) is 0 Å². The van der Waals surface area contributed by atoms with Crippen LogP contribution in [0.5, 0.6) is 0 Å². The highest BCUT2D eigenvalue weighted by Gasteiger charge is 2.26. The fourth-order valence-electron chi connectivity index (χ4n) is 0.0312. The van der Waals surface area contributed by atoms with Gasteiger partial charge in [-0.25, -0.2) is 0 Å². The van der Waals surface area contributed by atoms with Gasteiger partial charge >= 0.3 is 0 Å². The summed E-state index contributed by atoms with van der Waals surface area (Å²) in [5.74, 6) is 0. The summed E-state index contributed by atoms with van der Waals surface area (Å²) in [6, 6.07) is 0. The molecule has 0 aromatic heterocycles. The second kappa shape index (κ2) is 4.45. The van der Waals surface area contributed by atoms with E-state index in [-0.39, 0.29) is 0 Å². The van der Waals surface area contributed by atoms with Gasteiger partial charge in [-0.3, -0.25) is 0 Å². The molecule has 0 heterocycles. The lowest BCUT2D eigenvalue weighted by Gasteiger charge is -1.93. The van der Waals surface area contributed by atoms with E-state index >= 15 is 0 Å². The molecular formula is H3P2S6+. The van der Waals surface area contributed by atoms with Gasteiger partial charge in [0.2, 0.25) is 0 Å². The van der Waals surface area contributed by atoms with Crippen LogP contribution in [0.15, 0.2) is 0 Å². The zero-order valence-electron chi connectivity index (χ0n) is 3.46. The largest absolute Gasteiger partial charge is 0.288 e. The Kier molecular flexibility index (Phi) is 5.88. The number of hydrogen-bond donors (Lipinski definition) is 3. The predicted octanol–water partition coefficient (Wildman–Crippen LogP) is 3.51. The van der Waals surface area contributed by atoms with Gasteiger partial charge in [0.05, 0.1) is 12.2 Å². The molecule has 0 saturated heterocycles. The second-order valence-electron chi connectivity index (χ2n) is 0.825. The Morgan fingerprint density at radius 2 is 2.00 bits per heavy atom. The van der Waals surface area contributed by atoms with Crippen molar-refractivity contribution in [3.63, 3.8) is 0 Å². The van der Waals surface area contributed by atoms with E-state index in [1.165, 1.54) is 10.4 Å². The molecule has 8 heavy (non-hydrogen) atoms. The van der Waals surface area contributed by atoms with Crippen LogP contribution in [0.2, 0.25) is 0 Å². The van der Waals surface area contributed by atoms with Crippen molar-refractivity contribution in [2.24, 2.45) is 0 Å². The summed E-state index contributed by atoms with van der Waals surface area (Å²) in [5.41, 5.74) is -0.789. The molecule has 0 radical (unpaired) electrons. The van der Waals surface area contributed by atoms with E-state index in [2.05, 4.69) is 36.2 Å². The molecule has 0 nitrogen and oxygen atoms in total. The Morgan fingerprint density at radius 1 is 1.62 bits per heavy atom. The summed E-state index contributed by atoms with van der Waals surface area (Å²) in [6.45, 7) is 0. The summed E-state index contributed by atoms with van der Waals surface area (Å²) in [7, 11) is 1.27. The maximum Gasteiger partial charge on any atom is 0.288 e. The van der Waals surface area contributed by atoms with Gasteiger partial charge < -0.3 is 0 Å². The van der Waals surface area contributed by atoms with Crippen molar-refractivity contribution in [1.82, 2.24) is 0 Å². The average molecular weight is 257 g/mol. The van der Waals surface area contributed by atoms with Crippen LogP contribution in [-0.4, -0.2) is 0 Å². The zero-order valence-corrected chi connectivity index (χ0v) is 10.4. The maximum atomic E-state index is 4.98. The van der Waals surface area contributed by atoms with Crippen molar-refractivity contribution in [2.45, 2.75) is 0 Å². The van der Waals surface area contributed by atoms with E-state index < -0.39 is 9.72 Å². The van der Waals surface area contributed by atoms with Crippen molar-refractivity contribution in [2.75, 3.05) is 0 Å². The molecule has 0 rings (SSSR count). The van der Waals surface area contributed by atoms with Gasteiger partial charge in [0.1, 0.15) is 0 Å². The van der Waals surface area contributed by atoms with Crippen LogP contribution in [-0.2, 0) is 23.6 Å². The van der Waals surface area contributed by atoms with Gasteiger partial charge in [0.25, 0.3) is 9.72 Å². The molecule has 0 bridgehead atoms. The zero-order chi connectivity index (χ0) is 6.78. The van der Waals surface area contributed by atoms with Crippen molar-refractivity contribution in [1.29, 1.82) is 0 Å². The monoisotopic (exact) mass is 257 g/mol. The topological polar surface area (TPSA) is 0 Å². The quantitative estimate of drug-likeness (QED) is 0.394. The van der Waals surface area contributed by atoms with E-state index in [0.717, 1.165) is 0 Å². The fourth-order valence-corrected chi connectivity index (χ4v) is 7.59. The van der Waals surface area contributed by atoms with Gasteiger partial charge in [-0.15, -0.1) is 11.7 Å². The normalized spacial score (nSPS) is 19.6. The van der Waals surface area contributed by atoms with Gasteiger partial charge in [0.15, 0.2) is 11.8 Å². The van der Waals surface area contributed by atoms with Crippen LogP contribution in [0.1, 0.15) is 0 Å². The predicted molar refractivity (Wildman–Crippen MR) is 63.1 cm³/mol. The highest BCUT2D eigenvalue weighted by atomic mass is 33.6. The Morgan fingerprint density at radius 3 is 2.00 bits per heavy atom. The first kappa shape index (κ1) is 10.6. The van der Waals surface area contributed by atoms with E-state index in [0.29, 0.717) is 0 Å². The number of hydrogen-bond acceptors (Lipinski definition) is 4. The molecule has 0 aliphatic rings. The first-order valence-corrected chi connectivity index (χ1v) is 12.0. The molecule has 2 atom stereocenters. The van der Waals surface area contributed by atoms with Gasteiger partial charge in [-0.2, -0.15) is 0 Å². The Labute approximate surface area is 79.2 Å². The smallest absolute Gasteiger partial charge is 0.101 e. The minimum absolute atomic E-state index is 0.789. The summed E-state index contributed by atoms with van der Waals surface area (Å²) in [4.78, 5) is 0. The standard InChI is InChI=1S/H2P2S6/c3-1(4)2(5,6)8-7/h(H2-,3,4,5,6,7)/p+1. The highest BCUT2D eigenvalue weighted by molar-refractivity contribution is 9.30. The SMILES string of the molecule is S=[P+](S)P(=S)(S)SS. The van der Waals surface area contributed by atoms with E-state index in [4.69, 9.17) is 23.6 Å². The molecule has 2 unspecified atom stereocenters. The minimum Gasteiger partial charge on any atom is -0.101 e. The summed E-state index contributed by atoms with van der Waals surface area (Å²) in [6.07, 6.45) is 0. The lowest BCUT2D eigenvalue weighted by molar-refractivity contribution is 5.05. The molecule has 48 valence electrons. The van der Waals surface area contributed by atoms with Crippen LogP contribution < -0.4 is 0 Å². The Bertz CT molecular complexity index is 135. The summed E-state index contributed by atoms with van der Waals surface area (Å²) in [5, 5.41) is 0. The Balaban J connectivity index is 4.15. The Hall–Kier alpha value is 2.57. The molecule has 0 aromatic rings. The van der Waals surface area contributed by atoms with E-state index in [1.807, 2.05) is 0 Å². The van der Waals surface area contributed by atoms with E-state index in [1.54, 1.807) is 0 Å². The average Bonchev–Trinajstić information content (AvgIpc) is 1.67. The molecule has 0 N–H and O–H groups in total. The lowest BCUT2D eigenvalue weighted by atomic mass is 29.2. The van der Waals surface area contributed by atoms with Gasteiger partial charge in [0, 0.05) is 0 Å². The number of rotatable bonds is 2. The van der Waals surface area contributed by atoms with Crippen LogP contribution in [0, 0.1) is 0 Å². The third kappa shape index (κ3) is 3.67. The third-order valence-electron chi connectivity index (χ3n) is 0.323. The van der Waals surface area contributed by atoms with Crippen LogP contribution in [0.4, 0.5) is 0 Å². The first-order chi connectivity index (χ1) is 3.50. The fraction of sp³-hybridized carbons (Fsp3) is 0. The van der Waals surface area contributed by atoms with Crippen molar-refractivity contribution in [3.05, 3.63) is 0 Å². The number of thiol groups is 3. The third-order valence-corrected chi connectivity index (χ3v) is 26.1. The lowest BCUT2D eigenvalue weighted by Crippen LogP contribution is -1.37. The molecule has 0 aromatic carbocycles. The van der Waals surface area contributed by atoms with Crippen molar-refractivity contribution in [3.8, 4) is 0 Å². The van der Waals surface area contributed by atoms with Crippen molar-refractivity contribution >= 4 is 79.9 Å². The summed E-state index contributed by atoms with van der Waals surface area (Å²) < 4.78 is -1.69. The molecule has 0 amide bonds. The van der Waals surface area contributed by atoms with Gasteiger partial charge in [-0.1, -0.05) is 12.2 Å². The molecule has 0 aliphatic carbocycles. The van der Waals surface area contributed by atoms with Crippen LogP contribution >= 0.6 is 56.3 Å². The van der Waals surface area contributed by atoms with Crippen molar-refractivity contribution < 1.29 is 0 Å². The van der Waals surface area contributed by atoms with Crippen LogP contribution in [0.3, 0.4) is 0 Å². The molecule has 8 heteroatoms. The molecule has 0 spiro atoms. The molecule has 0 aliphatic heterocycles. The highest BCUT2D eigenvalue weighted by Crippen LogP contribution is 2.83. The minimum atomic E-state index is -1.69. The first-order valence-electron chi connectivity index (χ1n) is 1.33.